The molecule has 1 fully saturated rings. The van der Waals surface area contributed by atoms with Gasteiger partial charge < -0.3 is 24.3 Å². The molecule has 5 atom stereocenters. The van der Waals surface area contributed by atoms with Gasteiger partial charge >= 0.3 is 0 Å². The number of nitrogens with one attached hydrogen (secondary N) is 1. The van der Waals surface area contributed by atoms with Crippen molar-refractivity contribution >= 4 is 28.5 Å². The van der Waals surface area contributed by atoms with Crippen LogP contribution in [0.5, 0.6) is 0 Å². The van der Waals surface area contributed by atoms with E-state index in [1.807, 2.05) is 109 Å². The Balaban J connectivity index is 1.37. The van der Waals surface area contributed by atoms with Gasteiger partial charge in [0.25, 0.3) is 5.91 Å². The fraction of sp³-hybridized carbons (Fsp3) is 0.265. The van der Waals surface area contributed by atoms with Crippen LogP contribution in [0.4, 0.5) is 0 Å². The maximum Gasteiger partial charge on any atom is 0.253 e. The molecule has 0 bridgehead atoms. The molecular formula is C34H34INO5. The molecule has 0 radical (unpaired) electrons. The number of hydrogen-bond acceptors (Lipinski definition) is 5. The first kappa shape index (κ1) is 29.4. The molecule has 1 N–H and O–H groups in total. The highest BCUT2D eigenvalue weighted by Gasteiger charge is 2.47. The van der Waals surface area contributed by atoms with Gasteiger partial charge in [0, 0.05) is 5.56 Å². The molecule has 212 valence electrons. The summed E-state index contributed by atoms with van der Waals surface area (Å²) in [5.41, 5.74) is 3.76. The number of carbonyl (C=O) groups is 1. The van der Waals surface area contributed by atoms with Gasteiger partial charge in [0.05, 0.1) is 30.4 Å². The summed E-state index contributed by atoms with van der Waals surface area (Å²) in [5, 5.41) is 3.09. The normalized spacial score (nSPS) is 22.2. The van der Waals surface area contributed by atoms with Gasteiger partial charge in [0.1, 0.15) is 24.5 Å². The topological polar surface area (TPSA) is 66.0 Å². The molecule has 41 heavy (non-hydrogen) atoms. The van der Waals surface area contributed by atoms with E-state index in [2.05, 4.69) is 27.9 Å². The number of ether oxygens (including phenoxy) is 4. The van der Waals surface area contributed by atoms with Crippen LogP contribution in [-0.2, 0) is 38.8 Å². The average molecular weight is 664 g/mol. The third-order valence-electron chi connectivity index (χ3n) is 6.89. The van der Waals surface area contributed by atoms with Gasteiger partial charge in [0.15, 0.2) is 0 Å². The van der Waals surface area contributed by atoms with E-state index in [4.69, 9.17) is 18.9 Å². The van der Waals surface area contributed by atoms with E-state index >= 15 is 0 Å². The fourth-order valence-corrected chi connectivity index (χ4v) is 5.71. The van der Waals surface area contributed by atoms with Gasteiger partial charge in [-0.15, -0.1) is 0 Å². The molecule has 6 nitrogen and oxygen atoms in total. The Morgan fingerprint density at radius 2 is 1.12 bits per heavy atom. The number of alkyl halides is 1. The Hall–Kier alpha value is -3.08. The molecule has 1 aliphatic heterocycles. The van der Waals surface area contributed by atoms with Crippen LogP contribution < -0.4 is 5.32 Å². The fourth-order valence-electron chi connectivity index (χ4n) is 4.75. The summed E-state index contributed by atoms with van der Waals surface area (Å²) in [5.74, 6) is -0.202. The van der Waals surface area contributed by atoms with Crippen LogP contribution in [0.15, 0.2) is 121 Å². The second-order valence-corrected chi connectivity index (χ2v) is 11.3. The predicted octanol–water partition coefficient (Wildman–Crippen LogP) is 6.33. The van der Waals surface area contributed by atoms with Gasteiger partial charge in [-0.3, -0.25) is 4.79 Å². The van der Waals surface area contributed by atoms with Crippen LogP contribution in [0.1, 0.15) is 27.0 Å². The second-order valence-electron chi connectivity index (χ2n) is 9.90. The van der Waals surface area contributed by atoms with Crippen LogP contribution in [0.3, 0.4) is 0 Å². The molecule has 1 saturated heterocycles. The minimum Gasteiger partial charge on any atom is -0.374 e. The summed E-state index contributed by atoms with van der Waals surface area (Å²) in [7, 11) is 0. The van der Waals surface area contributed by atoms with Gasteiger partial charge in [-0.1, -0.05) is 132 Å². The zero-order valence-electron chi connectivity index (χ0n) is 22.7. The van der Waals surface area contributed by atoms with Crippen molar-refractivity contribution in [3.63, 3.8) is 0 Å². The lowest BCUT2D eigenvalue weighted by atomic mass is 9.99. The van der Waals surface area contributed by atoms with E-state index in [-0.39, 0.29) is 22.5 Å². The monoisotopic (exact) mass is 663 g/mol. The number of amides is 1. The standard InChI is InChI=1S/C34H34INO5/c35-30-32(40-23-27-17-9-3-10-18-27)31(39-22-26-15-7-2-8-16-26)29(24-38-21-25-13-5-1-6-14-25)41-34(30)36-33(37)28-19-11-4-12-20-28/h1-20,29-32,34H,21-24H2,(H,36,37)/t29-,30+,31-,32-,34+/m1/s1. The van der Waals surface area contributed by atoms with Gasteiger partial charge in [-0.05, 0) is 28.8 Å². The third kappa shape index (κ3) is 8.47. The van der Waals surface area contributed by atoms with E-state index in [0.717, 1.165) is 16.7 Å². The Bertz CT molecular complexity index is 1330. The molecule has 7 heteroatoms. The van der Waals surface area contributed by atoms with Crippen LogP contribution in [0.2, 0.25) is 0 Å². The van der Waals surface area contributed by atoms with E-state index in [1.54, 1.807) is 12.1 Å². The minimum absolute atomic E-state index is 0.202. The van der Waals surface area contributed by atoms with Crippen molar-refractivity contribution in [2.75, 3.05) is 6.61 Å². The summed E-state index contributed by atoms with van der Waals surface area (Å²) < 4.78 is 25.6. The molecule has 1 aliphatic rings. The lowest BCUT2D eigenvalue weighted by molar-refractivity contribution is -0.217. The number of benzene rings is 4. The maximum absolute atomic E-state index is 13.1. The lowest BCUT2D eigenvalue weighted by Gasteiger charge is -2.44. The Labute approximate surface area is 255 Å². The van der Waals surface area contributed by atoms with Crippen LogP contribution in [0, 0.1) is 0 Å². The molecule has 4 aromatic rings. The van der Waals surface area contributed by atoms with Crippen molar-refractivity contribution in [2.24, 2.45) is 0 Å². The SMILES string of the molecule is O=C(N[C@H]1O[C@H](COCc2ccccc2)[C@@H](OCc2ccccc2)[C@H](OCc2ccccc2)[C@@H]1I)c1ccccc1. The molecule has 0 aromatic heterocycles. The first-order valence-electron chi connectivity index (χ1n) is 13.8. The molecule has 4 aromatic carbocycles. The molecule has 0 saturated carbocycles. The van der Waals surface area contributed by atoms with Crippen molar-refractivity contribution in [3.8, 4) is 0 Å². The Morgan fingerprint density at radius 3 is 1.66 bits per heavy atom. The quantitative estimate of drug-likeness (QED) is 0.142. The van der Waals surface area contributed by atoms with Crippen molar-refractivity contribution < 1.29 is 23.7 Å². The summed E-state index contributed by atoms with van der Waals surface area (Å²) in [6.45, 7) is 1.53. The Kier molecular flexibility index (Phi) is 10.9. The van der Waals surface area contributed by atoms with Crippen molar-refractivity contribution in [2.45, 2.75) is 48.3 Å². The van der Waals surface area contributed by atoms with Crippen LogP contribution >= 0.6 is 22.6 Å². The van der Waals surface area contributed by atoms with E-state index in [9.17, 15) is 4.79 Å². The predicted molar refractivity (Wildman–Crippen MR) is 167 cm³/mol. The molecule has 1 amide bonds. The number of halogens is 1. The van der Waals surface area contributed by atoms with Crippen LogP contribution in [-0.4, -0.2) is 41.0 Å². The van der Waals surface area contributed by atoms with E-state index in [1.165, 1.54) is 0 Å². The first-order chi connectivity index (χ1) is 20.2. The maximum atomic E-state index is 13.1. The number of carbonyl (C=O) groups excluding carboxylic acids is 1. The highest BCUT2D eigenvalue weighted by atomic mass is 127. The van der Waals surface area contributed by atoms with E-state index in [0.29, 0.717) is 25.4 Å². The van der Waals surface area contributed by atoms with Gasteiger partial charge in [0.2, 0.25) is 0 Å². The zero-order chi connectivity index (χ0) is 28.3. The van der Waals surface area contributed by atoms with Crippen LogP contribution in [0.25, 0.3) is 0 Å². The molecule has 0 unspecified atom stereocenters. The first-order valence-corrected chi connectivity index (χ1v) is 15.0. The minimum atomic E-state index is -0.606. The second kappa shape index (κ2) is 15.2. The Morgan fingerprint density at radius 1 is 0.659 bits per heavy atom. The summed E-state index contributed by atoms with van der Waals surface area (Å²) >= 11 is 2.32. The zero-order valence-corrected chi connectivity index (χ0v) is 24.8. The average Bonchev–Trinajstić information content (AvgIpc) is 3.03. The largest absolute Gasteiger partial charge is 0.374 e. The van der Waals surface area contributed by atoms with Gasteiger partial charge in [-0.25, -0.2) is 0 Å². The number of rotatable bonds is 12. The van der Waals surface area contributed by atoms with Crippen molar-refractivity contribution in [1.82, 2.24) is 5.32 Å². The third-order valence-corrected chi connectivity index (χ3v) is 8.25. The summed E-state index contributed by atoms with van der Waals surface area (Å²) in [4.78, 5) is 13.1. The van der Waals surface area contributed by atoms with E-state index < -0.39 is 18.4 Å². The number of hydrogen-bond donors (Lipinski definition) is 1. The molecule has 0 spiro atoms. The summed E-state index contributed by atoms with van der Waals surface area (Å²) in [6.07, 6.45) is -1.89. The molecular weight excluding hydrogens is 629 g/mol. The smallest absolute Gasteiger partial charge is 0.253 e. The van der Waals surface area contributed by atoms with Crippen molar-refractivity contribution in [3.05, 3.63) is 144 Å². The molecule has 5 rings (SSSR count). The lowest BCUT2D eigenvalue weighted by Crippen LogP contribution is -2.62. The summed E-state index contributed by atoms with van der Waals surface area (Å²) in [6, 6.07) is 39.3. The highest BCUT2D eigenvalue weighted by Crippen LogP contribution is 2.32. The molecule has 1 heterocycles. The van der Waals surface area contributed by atoms with Gasteiger partial charge in [-0.2, -0.15) is 0 Å². The van der Waals surface area contributed by atoms with Crippen molar-refractivity contribution in [1.29, 1.82) is 0 Å². The highest BCUT2D eigenvalue weighted by molar-refractivity contribution is 14.1. The molecule has 0 aliphatic carbocycles.